The lowest BCUT2D eigenvalue weighted by atomic mass is 10.5. The van der Waals surface area contributed by atoms with Gasteiger partial charge in [-0.05, 0) is 12.1 Å². The van der Waals surface area contributed by atoms with E-state index < -0.39 is 10.0 Å². The number of pyridine rings is 1. The molecule has 0 aliphatic heterocycles. The first-order valence-corrected chi connectivity index (χ1v) is 4.57. The summed E-state index contributed by atoms with van der Waals surface area (Å²) in [5.41, 5.74) is 0. The Balaban J connectivity index is 3.37. The van der Waals surface area contributed by atoms with E-state index in [0.717, 1.165) is 0 Å². The Labute approximate surface area is 69.1 Å². The van der Waals surface area contributed by atoms with Gasteiger partial charge < -0.3 is 0 Å². The molecule has 2 N–H and O–H groups in total. The zero-order chi connectivity index (χ0) is 8.48. The van der Waals surface area contributed by atoms with E-state index in [1.165, 1.54) is 18.3 Å². The normalized spacial score (nSPS) is 11.5. The summed E-state index contributed by atoms with van der Waals surface area (Å²) >= 11 is 5.44. The van der Waals surface area contributed by atoms with Gasteiger partial charge in [0.05, 0.1) is 0 Å². The number of nitrogens with two attached hydrogens (primary N) is 1. The Morgan fingerprint density at radius 1 is 1.55 bits per heavy atom. The van der Waals surface area contributed by atoms with Gasteiger partial charge in [-0.2, -0.15) is 0 Å². The molecule has 0 saturated carbocycles. The van der Waals surface area contributed by atoms with Gasteiger partial charge >= 0.3 is 0 Å². The van der Waals surface area contributed by atoms with Crippen LogP contribution >= 0.6 is 11.6 Å². The predicted molar refractivity (Wildman–Crippen MR) is 40.6 cm³/mol. The Morgan fingerprint density at radius 3 is 2.55 bits per heavy atom. The van der Waals surface area contributed by atoms with Crippen LogP contribution in [-0.2, 0) is 10.0 Å². The molecule has 0 spiro atoms. The summed E-state index contributed by atoms with van der Waals surface area (Å²) in [6.07, 6.45) is 1.39. The maximum absolute atomic E-state index is 10.7. The second kappa shape index (κ2) is 2.77. The molecular weight excluding hydrogens is 188 g/mol. The van der Waals surface area contributed by atoms with Crippen LogP contribution in [-0.4, -0.2) is 13.4 Å². The average Bonchev–Trinajstić information content (AvgIpc) is 1.86. The third-order valence-corrected chi connectivity index (χ3v) is 2.39. The molecule has 0 bridgehead atoms. The highest BCUT2D eigenvalue weighted by atomic mass is 35.5. The number of aromatic nitrogens is 1. The van der Waals surface area contributed by atoms with Gasteiger partial charge in [0.2, 0.25) is 10.0 Å². The van der Waals surface area contributed by atoms with Crippen LogP contribution in [0.4, 0.5) is 0 Å². The van der Waals surface area contributed by atoms with Crippen molar-refractivity contribution in [2.24, 2.45) is 5.14 Å². The second-order valence-electron chi connectivity index (χ2n) is 1.84. The Morgan fingerprint density at radius 2 is 2.18 bits per heavy atom. The summed E-state index contributed by atoms with van der Waals surface area (Å²) in [5.74, 6) is 0. The van der Waals surface area contributed by atoms with E-state index in [9.17, 15) is 8.42 Å². The van der Waals surface area contributed by atoms with Crippen LogP contribution in [0.3, 0.4) is 0 Å². The van der Waals surface area contributed by atoms with E-state index in [1.54, 1.807) is 0 Å². The van der Waals surface area contributed by atoms with Crippen molar-refractivity contribution in [1.82, 2.24) is 4.98 Å². The fourth-order valence-corrected chi connectivity index (χ4v) is 1.58. The van der Waals surface area contributed by atoms with Crippen molar-refractivity contribution in [3.05, 3.63) is 23.5 Å². The quantitative estimate of drug-likeness (QED) is 0.654. The molecule has 1 aromatic rings. The van der Waals surface area contributed by atoms with Gasteiger partial charge in [-0.3, -0.25) is 0 Å². The van der Waals surface area contributed by atoms with Gasteiger partial charge in [0, 0.05) is 6.20 Å². The number of halogens is 1. The lowest BCUT2D eigenvalue weighted by Gasteiger charge is -1.97. The highest BCUT2D eigenvalue weighted by molar-refractivity contribution is 7.89. The van der Waals surface area contributed by atoms with Crippen LogP contribution in [0.1, 0.15) is 0 Å². The number of hydrogen-bond acceptors (Lipinski definition) is 3. The number of hydrogen-bond donors (Lipinski definition) is 1. The molecule has 0 fully saturated rings. The molecule has 0 aliphatic rings. The zero-order valence-electron chi connectivity index (χ0n) is 5.36. The lowest BCUT2D eigenvalue weighted by molar-refractivity contribution is 0.597. The summed E-state index contributed by atoms with van der Waals surface area (Å²) in [6, 6.07) is 2.75. The van der Waals surface area contributed by atoms with Crippen LogP contribution in [0.15, 0.2) is 23.2 Å². The minimum Gasteiger partial charge on any atom is -0.243 e. The van der Waals surface area contributed by atoms with Gasteiger partial charge in [0.15, 0.2) is 0 Å². The standard InChI is InChI=1S/C5H5ClN2O2S/c6-5-4(11(7,9)10)2-1-3-8-5/h1-3H,(H2,7,9,10). The van der Waals surface area contributed by atoms with Crippen molar-refractivity contribution in [1.29, 1.82) is 0 Å². The predicted octanol–water partition coefficient (Wildman–Crippen LogP) is 0.382. The maximum Gasteiger partial charge on any atom is 0.241 e. The largest absolute Gasteiger partial charge is 0.243 e. The second-order valence-corrected chi connectivity index (χ2v) is 3.73. The molecular formula is C5H5ClN2O2S. The third kappa shape index (κ3) is 1.89. The van der Waals surface area contributed by atoms with Crippen molar-refractivity contribution >= 4 is 21.6 Å². The summed E-state index contributed by atoms with van der Waals surface area (Å²) in [5, 5.41) is 4.70. The van der Waals surface area contributed by atoms with Crippen LogP contribution in [0.5, 0.6) is 0 Å². The van der Waals surface area contributed by atoms with Crippen LogP contribution in [0, 0.1) is 0 Å². The fraction of sp³-hybridized carbons (Fsp3) is 0. The maximum atomic E-state index is 10.7. The lowest BCUT2D eigenvalue weighted by Crippen LogP contribution is -2.12. The van der Waals surface area contributed by atoms with Gasteiger partial charge in [-0.1, -0.05) is 11.6 Å². The molecule has 1 rings (SSSR count). The van der Waals surface area contributed by atoms with Crippen molar-refractivity contribution < 1.29 is 8.42 Å². The van der Waals surface area contributed by atoms with E-state index in [-0.39, 0.29) is 10.0 Å². The van der Waals surface area contributed by atoms with Crippen molar-refractivity contribution in [2.75, 3.05) is 0 Å². The number of nitrogens with zero attached hydrogens (tertiary/aromatic N) is 1. The average molecular weight is 193 g/mol. The highest BCUT2D eigenvalue weighted by Gasteiger charge is 2.11. The molecule has 0 atom stereocenters. The van der Waals surface area contributed by atoms with Crippen molar-refractivity contribution in [3.8, 4) is 0 Å². The molecule has 0 aromatic carbocycles. The van der Waals surface area contributed by atoms with E-state index in [2.05, 4.69) is 4.98 Å². The molecule has 1 aromatic heterocycles. The zero-order valence-corrected chi connectivity index (χ0v) is 6.93. The molecule has 11 heavy (non-hydrogen) atoms. The highest BCUT2D eigenvalue weighted by Crippen LogP contribution is 2.15. The number of primary sulfonamides is 1. The fourth-order valence-electron chi connectivity index (χ4n) is 0.584. The first kappa shape index (κ1) is 8.45. The molecule has 0 radical (unpaired) electrons. The monoisotopic (exact) mass is 192 g/mol. The van der Waals surface area contributed by atoms with Gasteiger partial charge in [0.25, 0.3) is 0 Å². The number of rotatable bonds is 1. The van der Waals surface area contributed by atoms with E-state index in [4.69, 9.17) is 16.7 Å². The molecule has 0 saturated heterocycles. The smallest absolute Gasteiger partial charge is 0.241 e. The Hall–Kier alpha value is -0.650. The molecule has 0 amide bonds. The van der Waals surface area contributed by atoms with E-state index >= 15 is 0 Å². The molecule has 60 valence electrons. The van der Waals surface area contributed by atoms with Crippen LogP contribution in [0.25, 0.3) is 0 Å². The molecule has 6 heteroatoms. The summed E-state index contributed by atoms with van der Waals surface area (Å²) in [4.78, 5) is 3.40. The van der Waals surface area contributed by atoms with Crippen molar-refractivity contribution in [2.45, 2.75) is 4.90 Å². The minimum atomic E-state index is -3.73. The minimum absolute atomic E-state index is 0.102. The Bertz CT molecular complexity index is 363. The topological polar surface area (TPSA) is 73.1 Å². The summed E-state index contributed by atoms with van der Waals surface area (Å²) in [6.45, 7) is 0. The first-order chi connectivity index (χ1) is 5.02. The first-order valence-electron chi connectivity index (χ1n) is 2.65. The van der Waals surface area contributed by atoms with E-state index in [0.29, 0.717) is 0 Å². The SMILES string of the molecule is NS(=O)(=O)c1cccnc1Cl. The van der Waals surface area contributed by atoms with Gasteiger partial charge in [-0.25, -0.2) is 18.5 Å². The molecule has 0 unspecified atom stereocenters. The van der Waals surface area contributed by atoms with Gasteiger partial charge in [0.1, 0.15) is 10.0 Å². The number of sulfonamides is 1. The summed E-state index contributed by atoms with van der Waals surface area (Å²) in [7, 11) is -3.73. The van der Waals surface area contributed by atoms with E-state index in [1.807, 2.05) is 0 Å². The molecule has 1 heterocycles. The van der Waals surface area contributed by atoms with Crippen LogP contribution < -0.4 is 5.14 Å². The van der Waals surface area contributed by atoms with Gasteiger partial charge in [-0.15, -0.1) is 0 Å². The van der Waals surface area contributed by atoms with Crippen molar-refractivity contribution in [3.63, 3.8) is 0 Å². The Kier molecular flexibility index (Phi) is 2.12. The van der Waals surface area contributed by atoms with Crippen LogP contribution in [0.2, 0.25) is 5.15 Å². The molecule has 4 nitrogen and oxygen atoms in total. The molecule has 0 aliphatic carbocycles. The third-order valence-electron chi connectivity index (χ3n) is 1.03. The summed E-state index contributed by atoms with van der Waals surface area (Å²) < 4.78 is 21.4.